The number of hydrogen-bond acceptors (Lipinski definition) is 2. The normalized spacial score (nSPS) is 6.80. The van der Waals surface area contributed by atoms with E-state index in [1.54, 1.807) is 0 Å². The molecule has 0 aliphatic carbocycles. The minimum absolute atomic E-state index is 0. The summed E-state index contributed by atoms with van der Waals surface area (Å²) in [6.45, 7) is 1.94. The van der Waals surface area contributed by atoms with Crippen molar-refractivity contribution in [2.75, 3.05) is 0 Å². The smallest absolute Gasteiger partial charge is 0.856 e. The molecule has 0 amide bonds. The second-order valence-electron chi connectivity index (χ2n) is 1.40. The van der Waals surface area contributed by atoms with Gasteiger partial charge in [-0.15, -0.1) is 11.8 Å². The molecule has 2 nitrogen and oxygen atoms in total. The van der Waals surface area contributed by atoms with Crippen molar-refractivity contribution >= 4 is 0 Å². The van der Waals surface area contributed by atoms with E-state index in [1.165, 1.54) is 0 Å². The summed E-state index contributed by atoms with van der Waals surface area (Å²) in [5, 5.41) is 19.3. The van der Waals surface area contributed by atoms with E-state index in [2.05, 4.69) is 5.92 Å². The molecule has 0 heterocycles. The molecule has 0 N–H and O–H groups in total. The average Bonchev–Trinajstić information content (AvgIpc) is 1.66. The quantitative estimate of drug-likeness (QED) is 0.234. The van der Waals surface area contributed by atoms with Crippen molar-refractivity contribution in [3.8, 4) is 11.8 Å². The van der Waals surface area contributed by atoms with E-state index in [4.69, 9.17) is 0 Å². The van der Waals surface area contributed by atoms with Gasteiger partial charge in [-0.1, -0.05) is 6.92 Å². The zero-order valence-electron chi connectivity index (χ0n) is 6.81. The maximum Gasteiger partial charge on any atom is 1.00 e. The summed E-state index contributed by atoms with van der Waals surface area (Å²) in [5.41, 5.74) is 0. The molecule has 0 rings (SSSR count). The van der Waals surface area contributed by atoms with E-state index >= 15 is 0 Å². The van der Waals surface area contributed by atoms with Gasteiger partial charge in [0.05, 0.1) is 0 Å². The maximum absolute atomic E-state index is 9.67. The third kappa shape index (κ3) is 17.0. The molecule has 0 saturated carbocycles. The topological polar surface area (TPSA) is 46.1 Å². The predicted molar refractivity (Wildman–Crippen MR) is 26.5 cm³/mol. The van der Waals surface area contributed by atoms with Gasteiger partial charge in [-0.3, -0.25) is 0 Å². The van der Waals surface area contributed by atoms with Crippen LogP contribution in [0.3, 0.4) is 0 Å². The van der Waals surface area contributed by atoms with E-state index in [0.717, 1.165) is 6.42 Å². The van der Waals surface area contributed by atoms with Gasteiger partial charge in [0.1, 0.15) is 0 Å². The first-order valence-corrected chi connectivity index (χ1v) is 2.57. The Morgan fingerprint density at radius 2 is 1.80 bits per heavy atom. The van der Waals surface area contributed by atoms with Crippen LogP contribution in [0, 0.1) is 11.8 Å². The zero-order valence-corrected chi connectivity index (χ0v) is 13.1. The Morgan fingerprint density at radius 1 is 1.30 bits per heavy atom. The molecular formula is C6H8K2O2. The number of hydrogen-bond donors (Lipinski definition) is 0. The van der Waals surface area contributed by atoms with Crippen molar-refractivity contribution in [3.63, 3.8) is 0 Å². The van der Waals surface area contributed by atoms with Gasteiger partial charge in [0.15, 0.2) is 0 Å². The van der Waals surface area contributed by atoms with Crippen LogP contribution in [-0.2, 0) is 0 Å². The molecule has 0 aliphatic heterocycles. The molecule has 10 heavy (non-hydrogen) atoms. The predicted octanol–water partition coefficient (Wildman–Crippen LogP) is -7.16. The molecule has 0 aliphatic rings. The van der Waals surface area contributed by atoms with E-state index in [9.17, 15) is 10.2 Å². The second-order valence-corrected chi connectivity index (χ2v) is 1.40. The van der Waals surface area contributed by atoms with Gasteiger partial charge >= 0.3 is 103 Å². The molecule has 0 bridgehead atoms. The molecule has 0 radical (unpaired) electrons. The third-order valence-corrected chi connectivity index (χ3v) is 0.595. The van der Waals surface area contributed by atoms with Crippen LogP contribution in [0.15, 0.2) is 0 Å². The Bertz CT molecular complexity index is 104. The Balaban J connectivity index is -0.000000245. The minimum Gasteiger partial charge on any atom is -0.856 e. The molecule has 0 spiro atoms. The van der Waals surface area contributed by atoms with Crippen LogP contribution in [0.5, 0.6) is 0 Å². The summed E-state index contributed by atoms with van der Waals surface area (Å²) < 4.78 is 0. The molecular weight excluding hydrogens is 182 g/mol. The largest absolute Gasteiger partial charge is 1.00 e. The fourth-order valence-electron chi connectivity index (χ4n) is 0.281. The van der Waals surface area contributed by atoms with Crippen molar-refractivity contribution in [2.45, 2.75) is 26.1 Å². The van der Waals surface area contributed by atoms with Crippen molar-refractivity contribution < 1.29 is 113 Å². The van der Waals surface area contributed by atoms with Crippen molar-refractivity contribution in [1.29, 1.82) is 0 Å². The van der Waals surface area contributed by atoms with Gasteiger partial charge in [-0.25, -0.2) is 0 Å². The van der Waals surface area contributed by atoms with Crippen LogP contribution in [0.1, 0.15) is 19.8 Å². The van der Waals surface area contributed by atoms with Gasteiger partial charge in [0.2, 0.25) is 0 Å². The number of rotatable bonds is 1. The molecule has 0 unspecified atom stereocenters. The van der Waals surface area contributed by atoms with E-state index in [0.29, 0.717) is 6.42 Å². The van der Waals surface area contributed by atoms with Gasteiger partial charge in [0, 0.05) is 6.42 Å². The standard InChI is InChI=1S/C6H8O2.2K/c1-2-3-4-5-6(7)8;;/h6H,2-3H2,1H3;;/q-2;2*+1. The third-order valence-electron chi connectivity index (χ3n) is 0.595. The SMILES string of the molecule is CCCC#CC([O-])[O-].[K+].[K+]. The average molecular weight is 190 g/mol. The first-order valence-electron chi connectivity index (χ1n) is 2.57. The van der Waals surface area contributed by atoms with E-state index in [1.807, 2.05) is 12.8 Å². The molecule has 0 atom stereocenters. The molecule has 4 heteroatoms. The van der Waals surface area contributed by atoms with Gasteiger partial charge in [0.25, 0.3) is 0 Å². The van der Waals surface area contributed by atoms with Crippen molar-refractivity contribution in [3.05, 3.63) is 0 Å². The van der Waals surface area contributed by atoms with Gasteiger partial charge < -0.3 is 10.2 Å². The Morgan fingerprint density at radius 3 is 2.10 bits per heavy atom. The fourth-order valence-corrected chi connectivity index (χ4v) is 0.281. The van der Waals surface area contributed by atoms with Crippen LogP contribution in [0.25, 0.3) is 0 Å². The first kappa shape index (κ1) is 18.5. The van der Waals surface area contributed by atoms with Crippen LogP contribution in [0.2, 0.25) is 0 Å². The molecule has 0 aromatic carbocycles. The van der Waals surface area contributed by atoms with Crippen LogP contribution in [0.4, 0.5) is 0 Å². The summed E-state index contributed by atoms with van der Waals surface area (Å²) in [4.78, 5) is 0. The van der Waals surface area contributed by atoms with Crippen molar-refractivity contribution in [1.82, 2.24) is 0 Å². The van der Waals surface area contributed by atoms with Crippen molar-refractivity contribution in [2.24, 2.45) is 0 Å². The van der Waals surface area contributed by atoms with Crippen LogP contribution in [-0.4, -0.2) is 6.29 Å². The summed E-state index contributed by atoms with van der Waals surface area (Å²) in [6.07, 6.45) is -0.401. The summed E-state index contributed by atoms with van der Waals surface area (Å²) in [6, 6.07) is 0. The van der Waals surface area contributed by atoms with Crippen LogP contribution < -0.4 is 113 Å². The zero-order chi connectivity index (χ0) is 6.41. The van der Waals surface area contributed by atoms with E-state index in [-0.39, 0.29) is 103 Å². The maximum atomic E-state index is 9.67. The van der Waals surface area contributed by atoms with E-state index < -0.39 is 6.29 Å². The minimum atomic E-state index is -1.96. The fraction of sp³-hybridized carbons (Fsp3) is 0.667. The number of unbranched alkanes of at least 4 members (excludes halogenated alkanes) is 1. The molecule has 0 fully saturated rings. The summed E-state index contributed by atoms with van der Waals surface area (Å²) >= 11 is 0. The van der Waals surface area contributed by atoms with Gasteiger partial charge in [-0.05, 0) is 6.42 Å². The van der Waals surface area contributed by atoms with Gasteiger partial charge in [-0.2, -0.15) is 6.29 Å². The molecule has 0 aromatic heterocycles. The first-order chi connectivity index (χ1) is 3.77. The molecule has 0 aromatic rings. The van der Waals surface area contributed by atoms with Crippen LogP contribution >= 0.6 is 0 Å². The molecule has 46 valence electrons. The second kappa shape index (κ2) is 14.3. The Labute approximate surface area is 147 Å². The Kier molecular flexibility index (Phi) is 26.5. The summed E-state index contributed by atoms with van der Waals surface area (Å²) in [5.74, 6) is 4.44. The molecule has 0 saturated heterocycles. The summed E-state index contributed by atoms with van der Waals surface area (Å²) in [7, 11) is 0. The monoisotopic (exact) mass is 190 g/mol. The Hall–Kier alpha value is 2.75.